The number of nitro benzene ring substituents is 1. The van der Waals surface area contributed by atoms with Crippen molar-refractivity contribution >= 4 is 34.3 Å². The predicted molar refractivity (Wildman–Crippen MR) is 79.2 cm³/mol. The van der Waals surface area contributed by atoms with Gasteiger partial charge in [0.15, 0.2) is 0 Å². The second kappa shape index (κ2) is 5.59. The molecule has 0 fully saturated rings. The van der Waals surface area contributed by atoms with E-state index in [1.165, 1.54) is 11.3 Å². The van der Waals surface area contributed by atoms with Crippen molar-refractivity contribution in [2.75, 3.05) is 5.32 Å². The van der Waals surface area contributed by atoms with E-state index in [0.29, 0.717) is 12.1 Å². The van der Waals surface area contributed by atoms with Gasteiger partial charge in [-0.3, -0.25) is 10.1 Å². The number of nitrogens with one attached hydrogen (secondary N) is 1. The molecule has 1 N–H and O–H groups in total. The van der Waals surface area contributed by atoms with Gasteiger partial charge in [-0.05, 0) is 37.6 Å². The first-order chi connectivity index (χ1) is 8.97. The first-order valence-electron chi connectivity index (χ1n) is 5.71. The van der Waals surface area contributed by atoms with Crippen LogP contribution in [0.3, 0.4) is 0 Å². The summed E-state index contributed by atoms with van der Waals surface area (Å²) in [6, 6.07) is 7.19. The fourth-order valence-corrected chi connectivity index (χ4v) is 2.88. The third-order valence-electron chi connectivity index (χ3n) is 2.82. The van der Waals surface area contributed by atoms with Crippen molar-refractivity contribution in [3.8, 4) is 0 Å². The molecule has 0 unspecified atom stereocenters. The Morgan fingerprint density at radius 3 is 2.63 bits per heavy atom. The van der Waals surface area contributed by atoms with Crippen molar-refractivity contribution in [3.05, 3.63) is 54.7 Å². The zero-order chi connectivity index (χ0) is 14.0. The topological polar surface area (TPSA) is 55.2 Å². The lowest BCUT2D eigenvalue weighted by atomic mass is 10.1. The summed E-state index contributed by atoms with van der Waals surface area (Å²) < 4.78 is 0.739. The third kappa shape index (κ3) is 3.24. The maximum atomic E-state index is 10.9. The molecular weight excluding hydrogens is 284 g/mol. The van der Waals surface area contributed by atoms with Crippen LogP contribution in [0.15, 0.2) is 24.3 Å². The number of nitro groups is 1. The minimum absolute atomic E-state index is 0.136. The van der Waals surface area contributed by atoms with Gasteiger partial charge in [-0.2, -0.15) is 0 Å². The van der Waals surface area contributed by atoms with Gasteiger partial charge in [0.2, 0.25) is 0 Å². The Labute approximate surface area is 120 Å². The number of nitrogens with zero attached hydrogens (tertiary/aromatic N) is 1. The summed E-state index contributed by atoms with van der Waals surface area (Å²) in [6.07, 6.45) is 0. The number of halogens is 1. The van der Waals surface area contributed by atoms with Crippen LogP contribution in [0, 0.1) is 24.0 Å². The van der Waals surface area contributed by atoms with E-state index in [0.717, 1.165) is 20.5 Å². The van der Waals surface area contributed by atoms with E-state index in [1.54, 1.807) is 13.0 Å². The smallest absolute Gasteiger partial charge is 0.274 e. The summed E-state index contributed by atoms with van der Waals surface area (Å²) in [6.45, 7) is 4.28. The monoisotopic (exact) mass is 296 g/mol. The van der Waals surface area contributed by atoms with Crippen LogP contribution in [0.5, 0.6) is 0 Å². The minimum atomic E-state index is -0.359. The highest BCUT2D eigenvalue weighted by Gasteiger charge is 2.13. The van der Waals surface area contributed by atoms with Crippen molar-refractivity contribution in [3.63, 3.8) is 0 Å². The second-order valence-corrected chi connectivity index (χ2v) is 6.07. The number of hydrogen-bond donors (Lipinski definition) is 1. The Bertz CT molecular complexity index is 625. The van der Waals surface area contributed by atoms with Crippen LogP contribution < -0.4 is 5.32 Å². The average molecular weight is 297 g/mol. The van der Waals surface area contributed by atoms with Crippen LogP contribution in [0.2, 0.25) is 4.34 Å². The molecule has 0 saturated carbocycles. The maximum absolute atomic E-state index is 10.9. The predicted octanol–water partition coefficient (Wildman–Crippen LogP) is 4.54. The molecule has 100 valence electrons. The van der Waals surface area contributed by atoms with Gasteiger partial charge in [0.25, 0.3) is 5.69 Å². The molecule has 4 nitrogen and oxygen atoms in total. The summed E-state index contributed by atoms with van der Waals surface area (Å²) in [5, 5.41) is 14.1. The van der Waals surface area contributed by atoms with Crippen LogP contribution in [0.25, 0.3) is 0 Å². The van der Waals surface area contributed by atoms with Gasteiger partial charge in [0.1, 0.15) is 0 Å². The molecule has 0 spiro atoms. The summed E-state index contributed by atoms with van der Waals surface area (Å²) in [5.41, 5.74) is 2.58. The standard InChI is InChI=1S/C13H13ClN2O2S/c1-8-5-9(2)12(16(17)18)6-11(8)15-7-10-3-4-13(14)19-10/h3-6,15H,7H2,1-2H3. The molecule has 1 aromatic heterocycles. The second-order valence-electron chi connectivity index (χ2n) is 4.27. The summed E-state index contributed by atoms with van der Waals surface area (Å²) in [5.74, 6) is 0. The first-order valence-corrected chi connectivity index (χ1v) is 6.90. The number of anilines is 1. The molecule has 0 radical (unpaired) electrons. The minimum Gasteiger partial charge on any atom is -0.380 e. The van der Waals surface area contributed by atoms with E-state index < -0.39 is 0 Å². The number of aryl methyl sites for hydroxylation is 2. The molecule has 1 heterocycles. The average Bonchev–Trinajstić information content (AvgIpc) is 2.73. The van der Waals surface area contributed by atoms with Crippen molar-refractivity contribution in [2.24, 2.45) is 0 Å². The van der Waals surface area contributed by atoms with Crippen LogP contribution in [-0.4, -0.2) is 4.92 Å². The molecule has 0 saturated heterocycles. The molecule has 0 atom stereocenters. The lowest BCUT2D eigenvalue weighted by Crippen LogP contribution is -2.01. The molecule has 0 bridgehead atoms. The summed E-state index contributed by atoms with van der Waals surface area (Å²) in [7, 11) is 0. The Kier molecular flexibility index (Phi) is 4.07. The van der Waals surface area contributed by atoms with Crippen molar-refractivity contribution in [1.29, 1.82) is 0 Å². The fraction of sp³-hybridized carbons (Fsp3) is 0.231. The quantitative estimate of drug-likeness (QED) is 0.665. The zero-order valence-electron chi connectivity index (χ0n) is 10.6. The molecular formula is C13H13ClN2O2S. The third-order valence-corrected chi connectivity index (χ3v) is 4.05. The number of benzene rings is 1. The lowest BCUT2D eigenvalue weighted by molar-refractivity contribution is -0.385. The van der Waals surface area contributed by atoms with Gasteiger partial charge in [-0.25, -0.2) is 0 Å². The van der Waals surface area contributed by atoms with Crippen LogP contribution in [-0.2, 0) is 6.54 Å². The molecule has 19 heavy (non-hydrogen) atoms. The van der Waals surface area contributed by atoms with Crippen molar-refractivity contribution < 1.29 is 4.92 Å². The van der Waals surface area contributed by atoms with Gasteiger partial charge >= 0.3 is 0 Å². The number of thiophene rings is 1. The first kappa shape index (κ1) is 13.8. The largest absolute Gasteiger partial charge is 0.380 e. The number of hydrogen-bond acceptors (Lipinski definition) is 4. The van der Waals surface area contributed by atoms with Gasteiger partial charge in [0.05, 0.1) is 9.26 Å². The fourth-order valence-electron chi connectivity index (χ4n) is 1.86. The van der Waals surface area contributed by atoms with Gasteiger partial charge in [-0.1, -0.05) is 11.6 Å². The van der Waals surface area contributed by atoms with Crippen LogP contribution >= 0.6 is 22.9 Å². The summed E-state index contributed by atoms with van der Waals surface area (Å²) in [4.78, 5) is 11.7. The lowest BCUT2D eigenvalue weighted by Gasteiger charge is -2.09. The maximum Gasteiger partial charge on any atom is 0.274 e. The Hall–Kier alpha value is -1.59. The molecule has 0 aliphatic rings. The van der Waals surface area contributed by atoms with E-state index >= 15 is 0 Å². The zero-order valence-corrected chi connectivity index (χ0v) is 12.1. The van der Waals surface area contributed by atoms with E-state index in [2.05, 4.69) is 5.32 Å². The van der Waals surface area contributed by atoms with E-state index in [-0.39, 0.29) is 10.6 Å². The Balaban J connectivity index is 2.20. The molecule has 0 amide bonds. The summed E-state index contributed by atoms with van der Waals surface area (Å²) >= 11 is 7.36. The Morgan fingerprint density at radius 2 is 2.05 bits per heavy atom. The van der Waals surface area contributed by atoms with Crippen LogP contribution in [0.1, 0.15) is 16.0 Å². The highest BCUT2D eigenvalue weighted by Crippen LogP contribution is 2.28. The van der Waals surface area contributed by atoms with Gasteiger partial charge in [-0.15, -0.1) is 11.3 Å². The number of rotatable bonds is 4. The highest BCUT2D eigenvalue weighted by molar-refractivity contribution is 7.16. The van der Waals surface area contributed by atoms with Crippen LogP contribution in [0.4, 0.5) is 11.4 Å². The van der Waals surface area contributed by atoms with Crippen molar-refractivity contribution in [2.45, 2.75) is 20.4 Å². The molecule has 2 rings (SSSR count). The van der Waals surface area contributed by atoms with E-state index in [9.17, 15) is 10.1 Å². The molecule has 0 aliphatic carbocycles. The normalized spacial score (nSPS) is 10.5. The van der Waals surface area contributed by atoms with Crippen molar-refractivity contribution in [1.82, 2.24) is 0 Å². The van der Waals surface area contributed by atoms with Gasteiger partial charge < -0.3 is 5.32 Å². The molecule has 1 aromatic carbocycles. The molecule has 6 heteroatoms. The molecule has 2 aromatic rings. The van der Waals surface area contributed by atoms with Gasteiger partial charge in [0, 0.05) is 28.7 Å². The van der Waals surface area contributed by atoms with E-state index in [4.69, 9.17) is 11.6 Å². The highest BCUT2D eigenvalue weighted by atomic mass is 35.5. The van der Waals surface area contributed by atoms with E-state index in [1.807, 2.05) is 25.1 Å². The molecule has 0 aliphatic heterocycles. The Morgan fingerprint density at radius 1 is 1.32 bits per heavy atom. The SMILES string of the molecule is Cc1cc(C)c([N+](=O)[O-])cc1NCc1ccc(Cl)s1.